The molecule has 2 N–H and O–H groups in total. The molecule has 2 unspecified atom stereocenters. The molecule has 1 fully saturated rings. The molecule has 1 saturated heterocycles. The maximum absolute atomic E-state index is 5.80. The van der Waals surface area contributed by atoms with Crippen LogP contribution in [0.5, 0.6) is 5.75 Å². The lowest BCUT2D eigenvalue weighted by Gasteiger charge is -2.37. The van der Waals surface area contributed by atoms with Crippen LogP contribution in [0.25, 0.3) is 0 Å². The van der Waals surface area contributed by atoms with Gasteiger partial charge in [-0.25, -0.2) is 0 Å². The number of ether oxygens (including phenoxy) is 1. The van der Waals surface area contributed by atoms with Gasteiger partial charge in [0.1, 0.15) is 5.75 Å². The van der Waals surface area contributed by atoms with Crippen LogP contribution >= 0.6 is 0 Å². The van der Waals surface area contributed by atoms with Gasteiger partial charge in [-0.2, -0.15) is 0 Å². The SMILES string of the molecule is NCCC1CCCCN1CC1COc2ccccc21. The Labute approximate surface area is 115 Å². The van der Waals surface area contributed by atoms with Crippen molar-refractivity contribution in [1.82, 2.24) is 4.90 Å². The second kappa shape index (κ2) is 5.93. The molecule has 0 saturated carbocycles. The van der Waals surface area contributed by atoms with Crippen LogP contribution in [0.2, 0.25) is 0 Å². The summed E-state index contributed by atoms with van der Waals surface area (Å²) >= 11 is 0. The van der Waals surface area contributed by atoms with Gasteiger partial charge in [0, 0.05) is 24.1 Å². The summed E-state index contributed by atoms with van der Waals surface area (Å²) in [6.45, 7) is 4.00. The first-order chi connectivity index (χ1) is 9.38. The van der Waals surface area contributed by atoms with Gasteiger partial charge in [-0.3, -0.25) is 4.90 Å². The Morgan fingerprint density at radius 2 is 2.16 bits per heavy atom. The summed E-state index contributed by atoms with van der Waals surface area (Å²) in [4.78, 5) is 2.65. The predicted octanol–water partition coefficient (Wildman–Crippen LogP) is 2.37. The van der Waals surface area contributed by atoms with Crippen molar-refractivity contribution in [2.24, 2.45) is 5.73 Å². The van der Waals surface area contributed by atoms with E-state index in [1.165, 1.54) is 31.4 Å². The lowest BCUT2D eigenvalue weighted by atomic mass is 9.95. The summed E-state index contributed by atoms with van der Waals surface area (Å²) in [7, 11) is 0. The summed E-state index contributed by atoms with van der Waals surface area (Å²) in [5.74, 6) is 1.62. The topological polar surface area (TPSA) is 38.5 Å². The van der Waals surface area contributed by atoms with Crippen LogP contribution in [-0.4, -0.2) is 37.2 Å². The van der Waals surface area contributed by atoms with Gasteiger partial charge in [0.15, 0.2) is 0 Å². The van der Waals surface area contributed by atoms with Crippen molar-refractivity contribution in [2.45, 2.75) is 37.6 Å². The van der Waals surface area contributed by atoms with E-state index in [9.17, 15) is 0 Å². The van der Waals surface area contributed by atoms with Gasteiger partial charge >= 0.3 is 0 Å². The number of likely N-dealkylation sites (tertiary alicyclic amines) is 1. The fraction of sp³-hybridized carbons (Fsp3) is 0.625. The van der Waals surface area contributed by atoms with E-state index in [1.54, 1.807) is 0 Å². The first-order valence-electron chi connectivity index (χ1n) is 7.54. The Morgan fingerprint density at radius 1 is 1.26 bits per heavy atom. The smallest absolute Gasteiger partial charge is 0.122 e. The van der Waals surface area contributed by atoms with Crippen molar-refractivity contribution < 1.29 is 4.74 Å². The van der Waals surface area contributed by atoms with Crippen LogP contribution in [0.1, 0.15) is 37.2 Å². The minimum absolute atomic E-state index is 0.537. The molecule has 3 heteroatoms. The third-order valence-corrected chi connectivity index (χ3v) is 4.50. The van der Waals surface area contributed by atoms with E-state index in [0.29, 0.717) is 12.0 Å². The van der Waals surface area contributed by atoms with E-state index < -0.39 is 0 Å². The van der Waals surface area contributed by atoms with E-state index >= 15 is 0 Å². The molecular weight excluding hydrogens is 236 g/mol. The van der Waals surface area contributed by atoms with Gasteiger partial charge in [-0.1, -0.05) is 24.6 Å². The number of hydrogen-bond acceptors (Lipinski definition) is 3. The average molecular weight is 260 g/mol. The van der Waals surface area contributed by atoms with E-state index in [2.05, 4.69) is 29.2 Å². The highest BCUT2D eigenvalue weighted by Crippen LogP contribution is 2.35. The Hall–Kier alpha value is -1.06. The molecule has 0 aromatic heterocycles. The molecule has 2 aliphatic heterocycles. The molecule has 19 heavy (non-hydrogen) atoms. The third-order valence-electron chi connectivity index (χ3n) is 4.50. The zero-order valence-electron chi connectivity index (χ0n) is 11.6. The van der Waals surface area contributed by atoms with Crippen LogP contribution < -0.4 is 10.5 Å². The fourth-order valence-electron chi connectivity index (χ4n) is 3.48. The van der Waals surface area contributed by atoms with Gasteiger partial charge in [-0.15, -0.1) is 0 Å². The molecule has 1 aromatic rings. The number of nitrogens with zero attached hydrogens (tertiary/aromatic N) is 1. The highest BCUT2D eigenvalue weighted by molar-refractivity contribution is 5.39. The number of benzene rings is 1. The molecule has 104 valence electrons. The Morgan fingerprint density at radius 3 is 3.05 bits per heavy atom. The average Bonchev–Trinajstić information content (AvgIpc) is 2.85. The van der Waals surface area contributed by atoms with E-state index in [0.717, 1.165) is 31.9 Å². The number of para-hydroxylation sites is 1. The number of nitrogens with two attached hydrogens (primary N) is 1. The molecule has 1 aromatic carbocycles. The summed E-state index contributed by atoms with van der Waals surface area (Å²) < 4.78 is 5.80. The quantitative estimate of drug-likeness (QED) is 0.903. The standard InChI is InChI=1S/C16H24N2O/c17-9-8-14-5-3-4-10-18(14)11-13-12-19-16-7-2-1-6-15(13)16/h1-2,6-7,13-14H,3-5,8-12,17H2. The second-order valence-electron chi connectivity index (χ2n) is 5.77. The summed E-state index contributed by atoms with van der Waals surface area (Å²) in [6.07, 6.45) is 5.14. The lowest BCUT2D eigenvalue weighted by molar-refractivity contribution is 0.128. The largest absolute Gasteiger partial charge is 0.493 e. The predicted molar refractivity (Wildman–Crippen MR) is 77.6 cm³/mol. The minimum Gasteiger partial charge on any atom is -0.493 e. The zero-order valence-corrected chi connectivity index (χ0v) is 11.6. The van der Waals surface area contributed by atoms with Crippen LogP contribution in [0.15, 0.2) is 24.3 Å². The maximum Gasteiger partial charge on any atom is 0.122 e. The van der Waals surface area contributed by atoms with Gasteiger partial charge in [-0.05, 0) is 38.4 Å². The monoisotopic (exact) mass is 260 g/mol. The molecule has 0 bridgehead atoms. The van der Waals surface area contributed by atoms with Crippen LogP contribution in [0.4, 0.5) is 0 Å². The van der Waals surface area contributed by atoms with Crippen molar-refractivity contribution in [3.63, 3.8) is 0 Å². The normalized spacial score (nSPS) is 27.0. The molecule has 0 amide bonds. The van der Waals surface area contributed by atoms with E-state index in [1.807, 2.05) is 0 Å². The molecule has 0 spiro atoms. The molecule has 2 heterocycles. The molecule has 3 rings (SSSR count). The van der Waals surface area contributed by atoms with Gasteiger partial charge in [0.25, 0.3) is 0 Å². The van der Waals surface area contributed by atoms with Gasteiger partial charge < -0.3 is 10.5 Å². The highest BCUT2D eigenvalue weighted by Gasteiger charge is 2.29. The first kappa shape index (κ1) is 12.9. The van der Waals surface area contributed by atoms with Crippen LogP contribution in [-0.2, 0) is 0 Å². The first-order valence-corrected chi connectivity index (χ1v) is 7.54. The molecule has 0 radical (unpaired) electrons. The summed E-state index contributed by atoms with van der Waals surface area (Å²) in [5.41, 5.74) is 7.14. The highest BCUT2D eigenvalue weighted by atomic mass is 16.5. The Balaban J connectivity index is 1.67. The minimum atomic E-state index is 0.537. The lowest BCUT2D eigenvalue weighted by Crippen LogP contribution is -2.43. The van der Waals surface area contributed by atoms with Crippen LogP contribution in [0.3, 0.4) is 0 Å². The van der Waals surface area contributed by atoms with Gasteiger partial charge in [0.05, 0.1) is 6.61 Å². The number of rotatable bonds is 4. The Bertz CT molecular complexity index is 419. The van der Waals surface area contributed by atoms with Crippen molar-refractivity contribution >= 4 is 0 Å². The van der Waals surface area contributed by atoms with Crippen molar-refractivity contribution in [1.29, 1.82) is 0 Å². The molecule has 3 nitrogen and oxygen atoms in total. The van der Waals surface area contributed by atoms with Gasteiger partial charge in [0.2, 0.25) is 0 Å². The van der Waals surface area contributed by atoms with Crippen LogP contribution in [0, 0.1) is 0 Å². The van der Waals surface area contributed by atoms with E-state index in [4.69, 9.17) is 10.5 Å². The molecule has 0 aliphatic carbocycles. The summed E-state index contributed by atoms with van der Waals surface area (Å²) in [6, 6.07) is 9.16. The maximum atomic E-state index is 5.80. The molecular formula is C16H24N2O. The Kier molecular flexibility index (Phi) is 4.04. The molecule has 2 aliphatic rings. The van der Waals surface area contributed by atoms with Crippen molar-refractivity contribution in [3.8, 4) is 5.75 Å². The number of piperidine rings is 1. The van der Waals surface area contributed by atoms with Crippen molar-refractivity contribution in [3.05, 3.63) is 29.8 Å². The fourth-order valence-corrected chi connectivity index (χ4v) is 3.48. The van der Waals surface area contributed by atoms with E-state index in [-0.39, 0.29) is 0 Å². The molecule has 2 atom stereocenters. The van der Waals surface area contributed by atoms with Crippen molar-refractivity contribution in [2.75, 3.05) is 26.2 Å². The zero-order chi connectivity index (χ0) is 13.1. The third kappa shape index (κ3) is 2.77. The second-order valence-corrected chi connectivity index (χ2v) is 5.77. The number of fused-ring (bicyclic) bond motifs is 1. The number of hydrogen-bond donors (Lipinski definition) is 1. The summed E-state index contributed by atoms with van der Waals surface area (Å²) in [5, 5.41) is 0.